The lowest BCUT2D eigenvalue weighted by Gasteiger charge is -2.41. The van der Waals surface area contributed by atoms with E-state index in [4.69, 9.17) is 9.47 Å². The number of methoxy groups -OCH3 is 2. The van der Waals surface area contributed by atoms with Gasteiger partial charge in [-0.2, -0.15) is 0 Å². The Balaban J connectivity index is 1.95. The van der Waals surface area contributed by atoms with Crippen LogP contribution < -0.4 is 0 Å². The van der Waals surface area contributed by atoms with Crippen molar-refractivity contribution in [3.63, 3.8) is 0 Å². The molecule has 0 aromatic heterocycles. The molecule has 0 aromatic carbocycles. The Morgan fingerprint density at radius 1 is 1.13 bits per heavy atom. The highest BCUT2D eigenvalue weighted by atomic mass is 28.3. The van der Waals surface area contributed by atoms with Gasteiger partial charge < -0.3 is 9.47 Å². The molecule has 0 N–H and O–H groups in total. The molecule has 1 heterocycles. The molecule has 0 radical (unpaired) electrons. The molecule has 2 bridgehead atoms. The summed E-state index contributed by atoms with van der Waals surface area (Å²) in [5.41, 5.74) is 1.12. The minimum Gasteiger partial charge on any atom is -0.491 e. The van der Waals surface area contributed by atoms with Gasteiger partial charge in [0.1, 0.15) is 0 Å². The van der Waals surface area contributed by atoms with Crippen molar-refractivity contribution in [1.29, 1.82) is 0 Å². The largest absolute Gasteiger partial charge is 0.491 e. The van der Waals surface area contributed by atoms with Gasteiger partial charge in [0.2, 0.25) is 11.5 Å². The van der Waals surface area contributed by atoms with Crippen LogP contribution >= 0.6 is 0 Å². The lowest BCUT2D eigenvalue weighted by molar-refractivity contribution is -0.125. The van der Waals surface area contributed by atoms with Gasteiger partial charge in [0.05, 0.1) is 25.3 Å². The quantitative estimate of drug-likeness (QED) is 0.590. The molecule has 1 saturated carbocycles. The normalized spacial score (nSPS) is 40.4. The van der Waals surface area contributed by atoms with E-state index in [9.17, 15) is 4.79 Å². The van der Waals surface area contributed by atoms with Crippen LogP contribution in [0.1, 0.15) is 0 Å². The van der Waals surface area contributed by atoms with E-state index in [2.05, 4.69) is 42.9 Å². The number of rotatable bonds is 3. The van der Waals surface area contributed by atoms with Gasteiger partial charge in [-0.25, -0.2) is 0 Å². The lowest BCUT2D eigenvalue weighted by Crippen LogP contribution is -2.48. The Bertz CT molecular complexity index is 712. The van der Waals surface area contributed by atoms with E-state index < -0.39 is 8.07 Å². The van der Waals surface area contributed by atoms with Gasteiger partial charge in [-0.05, 0) is 17.4 Å². The van der Waals surface area contributed by atoms with E-state index in [1.165, 1.54) is 0 Å². The van der Waals surface area contributed by atoms with E-state index in [1.54, 1.807) is 14.2 Å². The SMILES string of the molecule is COC1=C(OC)C2=NC=C[C@@]23C(C1=O)[C@H]1C=C[C@@H]3[C@@H]1[Si](C)(C)C. The first-order valence-electron chi connectivity index (χ1n) is 8.19. The first kappa shape index (κ1) is 14.9. The number of carbonyl (C=O) groups is 1. The van der Waals surface area contributed by atoms with E-state index in [0.29, 0.717) is 23.0 Å². The zero-order chi connectivity index (χ0) is 16.6. The molecule has 1 fully saturated rings. The molecule has 5 atom stereocenters. The molecule has 4 aliphatic rings. The maximum Gasteiger partial charge on any atom is 0.206 e. The molecule has 1 spiro atoms. The number of nitrogens with zero attached hydrogens (tertiary/aromatic N) is 1. The van der Waals surface area contributed by atoms with Crippen molar-refractivity contribution in [3.05, 3.63) is 35.9 Å². The van der Waals surface area contributed by atoms with Crippen molar-refractivity contribution >= 4 is 19.6 Å². The van der Waals surface area contributed by atoms with Gasteiger partial charge in [-0.1, -0.05) is 37.9 Å². The summed E-state index contributed by atoms with van der Waals surface area (Å²) in [6.45, 7) is 7.21. The molecular formula is C18H23NO3Si. The summed E-state index contributed by atoms with van der Waals surface area (Å²) in [4.78, 5) is 17.9. The molecule has 0 saturated heterocycles. The van der Waals surface area contributed by atoms with Crippen LogP contribution in [0.25, 0.3) is 0 Å². The molecule has 0 aromatic rings. The molecule has 4 nitrogen and oxygen atoms in total. The van der Waals surface area contributed by atoms with Gasteiger partial charge >= 0.3 is 0 Å². The minimum absolute atomic E-state index is 0.0787. The maximum atomic E-state index is 13.2. The summed E-state index contributed by atoms with van der Waals surface area (Å²) in [7, 11) is 1.70. The molecular weight excluding hydrogens is 306 g/mol. The molecule has 23 heavy (non-hydrogen) atoms. The van der Waals surface area contributed by atoms with Crippen molar-refractivity contribution in [3.8, 4) is 0 Å². The van der Waals surface area contributed by atoms with Crippen molar-refractivity contribution in [1.82, 2.24) is 0 Å². The number of hydrogen-bond acceptors (Lipinski definition) is 4. The highest BCUT2D eigenvalue weighted by Gasteiger charge is 2.70. The fourth-order valence-electron chi connectivity index (χ4n) is 5.48. The number of carbonyl (C=O) groups excluding carboxylic acids is 1. The Morgan fingerprint density at radius 2 is 1.83 bits per heavy atom. The van der Waals surface area contributed by atoms with Crippen molar-refractivity contribution in [2.24, 2.45) is 28.2 Å². The Morgan fingerprint density at radius 3 is 2.43 bits per heavy atom. The van der Waals surface area contributed by atoms with Crippen molar-refractivity contribution < 1.29 is 14.3 Å². The van der Waals surface area contributed by atoms with Crippen molar-refractivity contribution in [2.45, 2.75) is 25.2 Å². The topological polar surface area (TPSA) is 47.9 Å². The second kappa shape index (κ2) is 4.47. The zero-order valence-corrected chi connectivity index (χ0v) is 15.3. The summed E-state index contributed by atoms with van der Waals surface area (Å²) >= 11 is 0. The Kier molecular flexibility index (Phi) is 2.90. The van der Waals surface area contributed by atoms with E-state index in [1.807, 2.05) is 6.20 Å². The second-order valence-corrected chi connectivity index (χ2v) is 13.4. The maximum absolute atomic E-state index is 13.2. The molecule has 4 rings (SSSR count). The highest BCUT2D eigenvalue weighted by molar-refractivity contribution is 6.78. The number of ether oxygens (including phenoxy) is 2. The van der Waals surface area contributed by atoms with Crippen LogP contribution in [0.15, 0.2) is 40.9 Å². The van der Waals surface area contributed by atoms with Crippen LogP contribution in [0.2, 0.25) is 25.2 Å². The predicted octanol–water partition coefficient (Wildman–Crippen LogP) is 3.17. The van der Waals surface area contributed by atoms with Crippen LogP contribution in [0.3, 0.4) is 0 Å². The molecule has 122 valence electrons. The van der Waals surface area contributed by atoms with Gasteiger partial charge in [-0.15, -0.1) is 0 Å². The van der Waals surface area contributed by atoms with E-state index >= 15 is 0 Å². The summed E-state index contributed by atoms with van der Waals surface area (Å²) in [6, 6.07) is 0. The predicted molar refractivity (Wildman–Crippen MR) is 91.8 cm³/mol. The number of fused-ring (bicyclic) bond motifs is 3. The summed E-state index contributed by atoms with van der Waals surface area (Å²) in [5.74, 6) is 1.47. The smallest absolute Gasteiger partial charge is 0.206 e. The first-order valence-corrected chi connectivity index (χ1v) is 11.8. The molecule has 5 heteroatoms. The monoisotopic (exact) mass is 329 g/mol. The van der Waals surface area contributed by atoms with Crippen LogP contribution in [-0.2, 0) is 14.3 Å². The van der Waals surface area contributed by atoms with Gasteiger partial charge in [0.15, 0.2) is 5.76 Å². The number of allylic oxidation sites excluding steroid dienone is 5. The average Bonchev–Trinajstić information content (AvgIpc) is 3.16. The third kappa shape index (κ3) is 1.56. The second-order valence-electron chi connectivity index (χ2n) is 8.01. The van der Waals surface area contributed by atoms with Gasteiger partial charge in [0, 0.05) is 20.2 Å². The standard InChI is InChI=1S/C18H23NO3Si/c1-21-14-13(20)12-10-6-7-11(16(10)23(3,4)5)18(12)8-9-19-17(18)15(14)22-2/h6-12,16H,1-5H3/t10-,11-,12?,16-,18-/m1/s1. The van der Waals surface area contributed by atoms with Crippen LogP contribution in [0.4, 0.5) is 0 Å². The average molecular weight is 329 g/mol. The zero-order valence-electron chi connectivity index (χ0n) is 14.3. The summed E-state index contributed by atoms with van der Waals surface area (Å²) < 4.78 is 11.0. The lowest BCUT2D eigenvalue weighted by atomic mass is 9.61. The number of ketones is 1. The van der Waals surface area contributed by atoms with Crippen LogP contribution in [0, 0.1) is 23.2 Å². The third-order valence-corrected chi connectivity index (χ3v) is 8.84. The molecule has 1 aliphatic heterocycles. The first-order chi connectivity index (χ1) is 10.9. The molecule has 1 unspecified atom stereocenters. The Hall–Kier alpha value is -1.62. The Labute approximate surface area is 138 Å². The van der Waals surface area contributed by atoms with Gasteiger partial charge in [0.25, 0.3) is 0 Å². The summed E-state index contributed by atoms with van der Waals surface area (Å²) in [5, 5.41) is 0. The third-order valence-electron chi connectivity index (χ3n) is 6.09. The number of Topliss-reactive ketones (excluding diaryl/α,β-unsaturated/α-hetero) is 1. The molecule has 3 aliphatic carbocycles. The fourth-order valence-corrected chi connectivity index (χ4v) is 8.40. The highest BCUT2D eigenvalue weighted by Crippen LogP contribution is 2.69. The fraction of sp³-hybridized carbons (Fsp3) is 0.556. The number of aliphatic imine (C=N–C) groups is 1. The van der Waals surface area contributed by atoms with E-state index in [-0.39, 0.29) is 23.0 Å². The van der Waals surface area contributed by atoms with E-state index in [0.717, 1.165) is 5.71 Å². The minimum atomic E-state index is -1.44. The van der Waals surface area contributed by atoms with Crippen LogP contribution in [0.5, 0.6) is 0 Å². The molecule has 0 amide bonds. The van der Waals surface area contributed by atoms with Crippen LogP contribution in [-0.4, -0.2) is 33.8 Å². The van der Waals surface area contributed by atoms with Crippen molar-refractivity contribution in [2.75, 3.05) is 14.2 Å². The number of hydrogen-bond donors (Lipinski definition) is 0. The summed E-state index contributed by atoms with van der Waals surface area (Å²) in [6.07, 6.45) is 8.60. The van der Waals surface area contributed by atoms with Gasteiger partial charge in [-0.3, -0.25) is 9.79 Å².